The third kappa shape index (κ3) is 5.82. The minimum absolute atomic E-state index is 0.0257. The zero-order valence-corrected chi connectivity index (χ0v) is 21.6. The number of hydrogen-bond acceptors (Lipinski definition) is 8. The Labute approximate surface area is 216 Å². The molecule has 2 N–H and O–H groups in total. The fourth-order valence-electron chi connectivity index (χ4n) is 5.21. The van der Waals surface area contributed by atoms with Crippen LogP contribution in [0.3, 0.4) is 0 Å². The van der Waals surface area contributed by atoms with Gasteiger partial charge in [-0.3, -0.25) is 14.4 Å². The van der Waals surface area contributed by atoms with Crippen LogP contribution >= 0.6 is 0 Å². The molecule has 0 radical (unpaired) electrons. The predicted molar refractivity (Wildman–Crippen MR) is 143 cm³/mol. The summed E-state index contributed by atoms with van der Waals surface area (Å²) < 4.78 is 1.96. The molecular formula is C27H35N7O3. The first kappa shape index (κ1) is 25.3. The zero-order chi connectivity index (χ0) is 25.8. The van der Waals surface area contributed by atoms with Gasteiger partial charge < -0.3 is 19.7 Å². The molecule has 2 fully saturated rings. The van der Waals surface area contributed by atoms with Gasteiger partial charge in [-0.15, -0.1) is 0 Å². The number of likely N-dealkylation sites (N-methyl/N-ethyl adjacent to an activating group) is 1. The Morgan fingerprint density at radius 1 is 1.11 bits per heavy atom. The summed E-state index contributed by atoms with van der Waals surface area (Å²) in [5, 5.41) is 3.60. The van der Waals surface area contributed by atoms with Crippen LogP contribution < -0.4 is 16.2 Å². The van der Waals surface area contributed by atoms with Crippen molar-refractivity contribution in [3.8, 4) is 0 Å². The summed E-state index contributed by atoms with van der Waals surface area (Å²) in [7, 11) is 3.52. The maximum absolute atomic E-state index is 13.1. The van der Waals surface area contributed by atoms with Gasteiger partial charge in [0.2, 0.25) is 11.4 Å². The van der Waals surface area contributed by atoms with Crippen molar-refractivity contribution in [1.29, 1.82) is 0 Å². The van der Waals surface area contributed by atoms with Crippen molar-refractivity contribution in [1.82, 2.24) is 29.8 Å². The van der Waals surface area contributed by atoms with Gasteiger partial charge in [-0.25, -0.2) is 10.5 Å². The van der Waals surface area contributed by atoms with Crippen LogP contribution in [0.1, 0.15) is 47.6 Å². The molecule has 196 valence electrons. The summed E-state index contributed by atoms with van der Waals surface area (Å²) >= 11 is 0. The molecule has 1 saturated carbocycles. The summed E-state index contributed by atoms with van der Waals surface area (Å²) in [4.78, 5) is 44.3. The number of carbonyl (C=O) groups excluding carboxylic acids is 1. The van der Waals surface area contributed by atoms with Crippen LogP contribution in [0.15, 0.2) is 41.5 Å². The van der Waals surface area contributed by atoms with Gasteiger partial charge in [0.15, 0.2) is 0 Å². The lowest BCUT2D eigenvalue weighted by molar-refractivity contribution is 0.0536. The van der Waals surface area contributed by atoms with E-state index >= 15 is 0 Å². The Morgan fingerprint density at radius 2 is 1.84 bits per heavy atom. The number of anilines is 2. The number of pyridine rings is 1. The number of aromatic nitrogens is 3. The molecule has 1 amide bonds. The molecule has 10 nitrogen and oxygen atoms in total. The Hall–Kier alpha value is -3.34. The summed E-state index contributed by atoms with van der Waals surface area (Å²) in [5.74, 6) is -0.158. The Balaban J connectivity index is 1.34. The van der Waals surface area contributed by atoms with E-state index in [0.717, 1.165) is 70.5 Å². The molecule has 0 spiro atoms. The lowest BCUT2D eigenvalue weighted by atomic mass is 10.1. The molecule has 1 aliphatic heterocycles. The average Bonchev–Trinajstić information content (AvgIpc) is 3.44. The van der Waals surface area contributed by atoms with Crippen molar-refractivity contribution in [3.63, 3.8) is 0 Å². The molecule has 10 heteroatoms. The Bertz CT molecular complexity index is 1290. The highest BCUT2D eigenvalue weighted by molar-refractivity contribution is 5.96. The molecule has 3 aromatic rings. The zero-order valence-electron chi connectivity index (χ0n) is 21.6. The first-order valence-electron chi connectivity index (χ1n) is 13.0. The van der Waals surface area contributed by atoms with Crippen LogP contribution in [-0.4, -0.2) is 77.1 Å². The number of amides is 1. The van der Waals surface area contributed by atoms with E-state index in [1.165, 1.54) is 18.9 Å². The summed E-state index contributed by atoms with van der Waals surface area (Å²) in [6.07, 6.45) is 8.30. The van der Waals surface area contributed by atoms with E-state index < -0.39 is 11.3 Å². The van der Waals surface area contributed by atoms with E-state index in [1.54, 1.807) is 6.20 Å². The quantitative estimate of drug-likeness (QED) is 0.451. The predicted octanol–water partition coefficient (Wildman–Crippen LogP) is 2.73. The summed E-state index contributed by atoms with van der Waals surface area (Å²) in [6.45, 7) is 5.58. The average molecular weight is 506 g/mol. The lowest BCUT2D eigenvalue weighted by Gasteiger charge is -2.32. The fraction of sp³-hybridized carbons (Fsp3) is 0.481. The summed E-state index contributed by atoms with van der Waals surface area (Å²) in [5.41, 5.74) is 4.58. The molecule has 37 heavy (non-hydrogen) atoms. The number of nitrogens with zero attached hydrogens (tertiary/aromatic N) is 5. The molecular weight excluding hydrogens is 470 g/mol. The van der Waals surface area contributed by atoms with Crippen molar-refractivity contribution < 1.29 is 9.63 Å². The smallest absolute Gasteiger partial charge is 0.280 e. The molecule has 1 saturated heterocycles. The minimum Gasteiger partial charge on any atom is -0.328 e. The molecule has 2 aliphatic rings. The molecule has 0 atom stereocenters. The number of hydroxylamine groups is 1. The van der Waals surface area contributed by atoms with Crippen molar-refractivity contribution in [2.24, 2.45) is 0 Å². The molecule has 2 aromatic heterocycles. The fourth-order valence-corrected chi connectivity index (χ4v) is 5.21. The largest absolute Gasteiger partial charge is 0.328 e. The second-order valence-electron chi connectivity index (χ2n) is 10.0. The number of benzene rings is 1. The first-order chi connectivity index (χ1) is 18.0. The lowest BCUT2D eigenvalue weighted by Crippen LogP contribution is -2.45. The van der Waals surface area contributed by atoms with Crippen LogP contribution in [0.2, 0.25) is 0 Å². The van der Waals surface area contributed by atoms with Crippen molar-refractivity contribution in [2.45, 2.75) is 38.1 Å². The number of rotatable bonds is 8. The van der Waals surface area contributed by atoms with Crippen molar-refractivity contribution in [2.75, 3.05) is 52.2 Å². The van der Waals surface area contributed by atoms with Gasteiger partial charge in [-0.2, -0.15) is 4.98 Å². The number of carbonyl (C=O) groups is 1. The molecule has 1 aliphatic carbocycles. The van der Waals surface area contributed by atoms with E-state index in [1.807, 2.05) is 16.7 Å². The van der Waals surface area contributed by atoms with E-state index in [0.29, 0.717) is 17.0 Å². The van der Waals surface area contributed by atoms with E-state index in [-0.39, 0.29) is 11.6 Å². The second-order valence-corrected chi connectivity index (χ2v) is 10.0. The second kappa shape index (κ2) is 11.4. The van der Waals surface area contributed by atoms with Gasteiger partial charge in [0, 0.05) is 56.8 Å². The highest BCUT2D eigenvalue weighted by Gasteiger charge is 2.23. The molecule has 5 rings (SSSR count). The van der Waals surface area contributed by atoms with E-state index in [2.05, 4.69) is 44.8 Å². The monoisotopic (exact) mass is 505 g/mol. The van der Waals surface area contributed by atoms with E-state index in [4.69, 9.17) is 9.82 Å². The van der Waals surface area contributed by atoms with Crippen LogP contribution in [0.5, 0.6) is 0 Å². The van der Waals surface area contributed by atoms with Gasteiger partial charge in [-0.1, -0.05) is 25.0 Å². The normalized spacial score (nSPS) is 17.4. The topological polar surface area (TPSA) is 105 Å². The van der Waals surface area contributed by atoms with Crippen LogP contribution in [0, 0.1) is 0 Å². The third-order valence-corrected chi connectivity index (χ3v) is 7.45. The Morgan fingerprint density at radius 3 is 2.54 bits per heavy atom. The SMILES string of the molecule is CONC(=O)c1cn(C2CCCC2)c2nc(Nc3ccc(CCN4CCN(C)CC4)cc3)ncc2c1=O. The number of hydrogen-bond donors (Lipinski definition) is 2. The van der Waals surface area contributed by atoms with Crippen LogP contribution in [0.25, 0.3) is 11.0 Å². The van der Waals surface area contributed by atoms with Crippen LogP contribution in [-0.2, 0) is 11.3 Å². The highest BCUT2D eigenvalue weighted by atomic mass is 16.6. The maximum atomic E-state index is 13.1. The molecule has 0 bridgehead atoms. The van der Waals surface area contributed by atoms with Gasteiger partial charge in [-0.05, 0) is 44.0 Å². The van der Waals surface area contributed by atoms with Crippen molar-refractivity contribution >= 4 is 28.6 Å². The van der Waals surface area contributed by atoms with Gasteiger partial charge >= 0.3 is 0 Å². The van der Waals surface area contributed by atoms with Crippen molar-refractivity contribution in [3.05, 3.63) is 58.0 Å². The number of nitrogens with one attached hydrogen (secondary N) is 2. The molecule has 3 heterocycles. The van der Waals surface area contributed by atoms with Gasteiger partial charge in [0.25, 0.3) is 5.91 Å². The third-order valence-electron chi connectivity index (χ3n) is 7.45. The van der Waals surface area contributed by atoms with Gasteiger partial charge in [0.05, 0.1) is 12.5 Å². The molecule has 0 unspecified atom stereocenters. The van der Waals surface area contributed by atoms with Gasteiger partial charge in [0.1, 0.15) is 11.2 Å². The Kier molecular flexibility index (Phi) is 7.78. The highest BCUT2D eigenvalue weighted by Crippen LogP contribution is 2.31. The maximum Gasteiger partial charge on any atom is 0.280 e. The first-order valence-corrected chi connectivity index (χ1v) is 13.0. The standard InChI is InChI=1S/C27H35N7O3/c1-32-13-15-33(16-14-32)12-11-19-7-9-20(10-8-19)29-27-28-17-22-24(35)23(26(36)31-37-2)18-34(25(22)30-27)21-5-3-4-6-21/h7-10,17-18,21H,3-6,11-16H2,1-2H3,(H,31,36)(H,28,29,30). The number of piperazine rings is 1. The minimum atomic E-state index is -0.573. The summed E-state index contributed by atoms with van der Waals surface area (Å²) in [6, 6.07) is 8.52. The number of fused-ring (bicyclic) bond motifs is 1. The van der Waals surface area contributed by atoms with E-state index in [9.17, 15) is 9.59 Å². The van der Waals surface area contributed by atoms with Crippen LogP contribution in [0.4, 0.5) is 11.6 Å². The molecule has 1 aromatic carbocycles.